The fourth-order valence-electron chi connectivity index (χ4n) is 1.95. The number of nitrogens with zero attached hydrogens (tertiary/aromatic N) is 3. The Morgan fingerprint density at radius 1 is 1.12 bits per heavy atom. The Labute approximate surface area is 136 Å². The molecule has 2 heterocycles. The van der Waals surface area contributed by atoms with E-state index in [0.29, 0.717) is 22.9 Å². The van der Waals surface area contributed by atoms with Crippen LogP contribution in [-0.4, -0.2) is 20.9 Å². The summed E-state index contributed by atoms with van der Waals surface area (Å²) in [5, 5.41) is 2.59. The van der Waals surface area contributed by atoms with Crippen LogP contribution in [0.1, 0.15) is 10.5 Å². The molecule has 24 heavy (non-hydrogen) atoms. The van der Waals surface area contributed by atoms with Crippen LogP contribution in [0.25, 0.3) is 0 Å². The third kappa shape index (κ3) is 3.80. The molecule has 1 amide bonds. The molecule has 7 nitrogen and oxygen atoms in total. The number of benzene rings is 1. The smallest absolute Gasteiger partial charge is 0.274 e. The zero-order valence-electron chi connectivity index (χ0n) is 12.3. The highest BCUT2D eigenvalue weighted by Crippen LogP contribution is 2.26. The number of halogens is 1. The van der Waals surface area contributed by atoms with Crippen molar-refractivity contribution in [2.45, 2.75) is 0 Å². The number of nitrogens with one attached hydrogen (secondary N) is 1. The molecule has 8 heteroatoms. The Morgan fingerprint density at radius 3 is 2.67 bits per heavy atom. The van der Waals surface area contributed by atoms with Gasteiger partial charge in [-0.2, -0.15) is 0 Å². The highest BCUT2D eigenvalue weighted by atomic mass is 19.1. The summed E-state index contributed by atoms with van der Waals surface area (Å²) in [4.78, 5) is 23.6. The number of aromatic nitrogens is 3. The summed E-state index contributed by atoms with van der Waals surface area (Å²) in [7, 11) is 0. The van der Waals surface area contributed by atoms with Crippen LogP contribution >= 0.6 is 0 Å². The fourth-order valence-corrected chi connectivity index (χ4v) is 1.95. The number of amides is 1. The standard InChI is InChI=1S/C16H12FN5O2/c17-10-1-2-21-15(3-10)16(23)22-12-4-11(18)5-13(6-12)24-14-7-19-9-20-8-14/h1-9H,18H2,(H,22,23). The topological polar surface area (TPSA) is 103 Å². The predicted molar refractivity (Wildman–Crippen MR) is 85.1 cm³/mol. The van der Waals surface area contributed by atoms with Crippen LogP contribution in [0.4, 0.5) is 15.8 Å². The van der Waals surface area contributed by atoms with E-state index >= 15 is 0 Å². The third-order valence-corrected chi connectivity index (χ3v) is 2.91. The molecule has 0 atom stereocenters. The summed E-state index contributed by atoms with van der Waals surface area (Å²) >= 11 is 0. The average molecular weight is 325 g/mol. The van der Waals surface area contributed by atoms with Crippen LogP contribution in [0.15, 0.2) is 55.2 Å². The van der Waals surface area contributed by atoms with E-state index < -0.39 is 11.7 Å². The molecule has 0 saturated carbocycles. The maximum atomic E-state index is 13.2. The van der Waals surface area contributed by atoms with Crippen LogP contribution < -0.4 is 15.8 Å². The van der Waals surface area contributed by atoms with Gasteiger partial charge in [-0.05, 0) is 12.1 Å². The summed E-state index contributed by atoms with van der Waals surface area (Å²) in [6, 6.07) is 6.90. The normalized spacial score (nSPS) is 10.2. The second-order valence-electron chi connectivity index (χ2n) is 4.78. The number of carbonyl (C=O) groups excluding carboxylic acids is 1. The largest absolute Gasteiger partial charge is 0.454 e. The molecule has 0 fully saturated rings. The minimum absolute atomic E-state index is 0.0450. The molecule has 3 aromatic rings. The summed E-state index contributed by atoms with van der Waals surface area (Å²) in [5.74, 6) is -0.288. The summed E-state index contributed by atoms with van der Waals surface area (Å²) in [6.07, 6.45) is 5.58. The van der Waals surface area contributed by atoms with Crippen LogP contribution in [0, 0.1) is 5.82 Å². The van der Waals surface area contributed by atoms with Crippen LogP contribution in [-0.2, 0) is 0 Å². The number of pyridine rings is 1. The Balaban J connectivity index is 1.80. The number of carbonyl (C=O) groups is 1. The molecule has 120 valence electrons. The van der Waals surface area contributed by atoms with Crippen molar-refractivity contribution in [1.29, 1.82) is 0 Å². The van der Waals surface area contributed by atoms with Gasteiger partial charge in [0.15, 0.2) is 5.75 Å². The highest BCUT2D eigenvalue weighted by molar-refractivity contribution is 6.03. The number of rotatable bonds is 4. The van der Waals surface area contributed by atoms with E-state index in [9.17, 15) is 9.18 Å². The van der Waals surface area contributed by atoms with Crippen molar-refractivity contribution in [3.63, 3.8) is 0 Å². The van der Waals surface area contributed by atoms with Gasteiger partial charge >= 0.3 is 0 Å². The van der Waals surface area contributed by atoms with Crippen molar-refractivity contribution in [3.05, 3.63) is 66.8 Å². The molecular weight excluding hydrogens is 313 g/mol. The first-order valence-corrected chi connectivity index (χ1v) is 6.86. The molecule has 0 spiro atoms. The summed E-state index contributed by atoms with van der Waals surface area (Å²) < 4.78 is 18.7. The SMILES string of the molecule is Nc1cc(NC(=O)c2cc(F)ccn2)cc(Oc2cncnc2)c1. The van der Waals surface area contributed by atoms with Gasteiger partial charge < -0.3 is 15.8 Å². The van der Waals surface area contributed by atoms with Crippen LogP contribution in [0.2, 0.25) is 0 Å². The van der Waals surface area contributed by atoms with Gasteiger partial charge in [-0.1, -0.05) is 0 Å². The van der Waals surface area contributed by atoms with Crippen molar-refractivity contribution < 1.29 is 13.9 Å². The molecule has 0 aliphatic rings. The van der Waals surface area contributed by atoms with Gasteiger partial charge in [-0.3, -0.25) is 9.78 Å². The van der Waals surface area contributed by atoms with Crippen LogP contribution in [0.5, 0.6) is 11.5 Å². The van der Waals surface area contributed by atoms with E-state index in [-0.39, 0.29) is 5.69 Å². The molecule has 3 rings (SSSR count). The molecule has 1 aromatic carbocycles. The second kappa shape index (κ2) is 6.69. The van der Waals surface area contributed by atoms with E-state index in [4.69, 9.17) is 10.5 Å². The Kier molecular flexibility index (Phi) is 4.28. The number of nitrogen functional groups attached to an aromatic ring is 1. The van der Waals surface area contributed by atoms with E-state index in [1.165, 1.54) is 24.9 Å². The van der Waals surface area contributed by atoms with Crippen molar-refractivity contribution in [1.82, 2.24) is 15.0 Å². The highest BCUT2D eigenvalue weighted by Gasteiger charge is 2.10. The van der Waals surface area contributed by atoms with E-state index in [2.05, 4.69) is 20.3 Å². The first-order valence-electron chi connectivity index (χ1n) is 6.86. The van der Waals surface area contributed by atoms with Gasteiger partial charge in [0.2, 0.25) is 0 Å². The van der Waals surface area contributed by atoms with Gasteiger partial charge in [-0.15, -0.1) is 0 Å². The van der Waals surface area contributed by atoms with Crippen molar-refractivity contribution in [2.24, 2.45) is 0 Å². The molecule has 0 saturated heterocycles. The first kappa shape index (κ1) is 15.3. The molecule has 0 radical (unpaired) electrons. The molecule has 2 aromatic heterocycles. The van der Waals surface area contributed by atoms with E-state index in [0.717, 1.165) is 12.1 Å². The molecule has 3 N–H and O–H groups in total. The lowest BCUT2D eigenvalue weighted by Crippen LogP contribution is -2.14. The van der Waals surface area contributed by atoms with Crippen molar-refractivity contribution in [3.8, 4) is 11.5 Å². The summed E-state index contributed by atoms with van der Waals surface area (Å²) in [5.41, 5.74) is 6.54. The lowest BCUT2D eigenvalue weighted by Gasteiger charge is -2.10. The van der Waals surface area contributed by atoms with Gasteiger partial charge in [0.1, 0.15) is 23.6 Å². The quantitative estimate of drug-likeness (QED) is 0.715. The van der Waals surface area contributed by atoms with E-state index in [1.807, 2.05) is 0 Å². The fraction of sp³-hybridized carbons (Fsp3) is 0. The van der Waals surface area contributed by atoms with Crippen molar-refractivity contribution in [2.75, 3.05) is 11.1 Å². The first-order chi connectivity index (χ1) is 11.6. The van der Waals surface area contributed by atoms with Gasteiger partial charge in [0.25, 0.3) is 5.91 Å². The Bertz CT molecular complexity index is 873. The zero-order valence-corrected chi connectivity index (χ0v) is 12.3. The minimum atomic E-state index is -0.561. The zero-order chi connectivity index (χ0) is 16.9. The monoisotopic (exact) mass is 325 g/mol. The molecule has 0 aliphatic heterocycles. The second-order valence-corrected chi connectivity index (χ2v) is 4.78. The maximum Gasteiger partial charge on any atom is 0.274 e. The lowest BCUT2D eigenvalue weighted by atomic mass is 10.2. The molecule has 0 unspecified atom stereocenters. The van der Waals surface area contributed by atoms with Crippen LogP contribution in [0.3, 0.4) is 0 Å². The van der Waals surface area contributed by atoms with E-state index in [1.54, 1.807) is 18.2 Å². The molecule has 0 aliphatic carbocycles. The lowest BCUT2D eigenvalue weighted by molar-refractivity contribution is 0.102. The van der Waals surface area contributed by atoms with Crippen molar-refractivity contribution >= 4 is 17.3 Å². The average Bonchev–Trinajstić information content (AvgIpc) is 2.55. The number of hydrogen-bond donors (Lipinski definition) is 2. The number of ether oxygens (including phenoxy) is 1. The Hall–Kier alpha value is -3.55. The number of nitrogens with two attached hydrogens (primary N) is 1. The maximum absolute atomic E-state index is 13.2. The summed E-state index contributed by atoms with van der Waals surface area (Å²) in [6.45, 7) is 0. The Morgan fingerprint density at radius 2 is 1.92 bits per heavy atom. The van der Waals surface area contributed by atoms with Gasteiger partial charge in [-0.25, -0.2) is 14.4 Å². The van der Waals surface area contributed by atoms with Gasteiger partial charge in [0.05, 0.1) is 12.4 Å². The third-order valence-electron chi connectivity index (χ3n) is 2.91. The van der Waals surface area contributed by atoms with Gasteiger partial charge in [0, 0.05) is 35.8 Å². The molecule has 0 bridgehead atoms. The number of hydrogen-bond acceptors (Lipinski definition) is 6. The molecular formula is C16H12FN5O2. The number of anilines is 2. The minimum Gasteiger partial charge on any atom is -0.454 e. The predicted octanol–water partition coefficient (Wildman–Crippen LogP) is 2.64.